The lowest BCUT2D eigenvalue weighted by atomic mass is 10.3. The molecule has 0 spiro atoms. The molecule has 2 N–H and O–H groups in total. The fraction of sp³-hybridized carbons (Fsp3) is 0.375. The van der Waals surface area contributed by atoms with E-state index in [-0.39, 0.29) is 5.82 Å². The van der Waals surface area contributed by atoms with E-state index in [9.17, 15) is 17.6 Å². The van der Waals surface area contributed by atoms with Crippen LogP contribution in [-0.4, -0.2) is 28.9 Å². The van der Waals surface area contributed by atoms with Gasteiger partial charge in [-0.2, -0.15) is 17.6 Å². The molecular formula is C8H8F4N2O. The molecule has 0 radical (unpaired) electrons. The molecule has 1 atom stereocenters. The molecule has 1 rings (SSSR count). The highest BCUT2D eigenvalue weighted by atomic mass is 19.4. The molecule has 0 aromatic carbocycles. The lowest BCUT2D eigenvalue weighted by Crippen LogP contribution is -2.35. The van der Waals surface area contributed by atoms with Crippen LogP contribution in [-0.2, 0) is 0 Å². The first-order chi connectivity index (χ1) is 6.89. The fourth-order valence-electron chi connectivity index (χ4n) is 0.824. The van der Waals surface area contributed by atoms with E-state index in [1.165, 1.54) is 12.1 Å². The predicted octanol–water partition coefficient (Wildman–Crippen LogP) is 1.56. The van der Waals surface area contributed by atoms with Crippen LogP contribution in [0.4, 0.5) is 23.4 Å². The molecule has 3 nitrogen and oxygen atoms in total. The molecule has 0 bridgehead atoms. The van der Waals surface area contributed by atoms with E-state index >= 15 is 0 Å². The molecule has 0 saturated heterocycles. The van der Waals surface area contributed by atoms with Crippen molar-refractivity contribution in [1.29, 1.82) is 0 Å². The maximum absolute atomic E-state index is 12.5. The summed E-state index contributed by atoms with van der Waals surface area (Å²) in [5.74, 6) is -0.861. The topological polar surface area (TPSA) is 45.1 Å². The van der Waals surface area contributed by atoms with Crippen molar-refractivity contribution < 1.29 is 22.7 Å². The Bertz CT molecular complexity index is 329. The lowest BCUT2D eigenvalue weighted by Gasteiger charge is -2.15. The molecule has 7 heteroatoms. The highest BCUT2D eigenvalue weighted by molar-refractivity contribution is 5.33. The van der Waals surface area contributed by atoms with E-state index in [4.69, 9.17) is 5.11 Å². The van der Waals surface area contributed by atoms with Crippen molar-refractivity contribution >= 4 is 5.82 Å². The summed E-state index contributed by atoms with van der Waals surface area (Å²) >= 11 is 0. The minimum Gasteiger partial charge on any atom is -0.382 e. The predicted molar refractivity (Wildman–Crippen MR) is 44.7 cm³/mol. The van der Waals surface area contributed by atoms with E-state index in [0.717, 1.165) is 6.07 Å². The van der Waals surface area contributed by atoms with E-state index in [0.29, 0.717) is 0 Å². The number of pyridine rings is 1. The maximum atomic E-state index is 12.5. The van der Waals surface area contributed by atoms with Crippen LogP contribution in [0, 0.1) is 5.95 Å². The summed E-state index contributed by atoms with van der Waals surface area (Å²) in [5, 5.41) is 10.8. The Labute approximate surface area is 82.8 Å². The lowest BCUT2D eigenvalue weighted by molar-refractivity contribution is -0.198. The Hall–Kier alpha value is -1.37. The normalized spacial score (nSPS) is 13.7. The number of hydrogen-bond acceptors (Lipinski definition) is 3. The summed E-state index contributed by atoms with van der Waals surface area (Å²) in [6.45, 7) is -0.764. The van der Waals surface area contributed by atoms with Gasteiger partial charge in [-0.1, -0.05) is 6.07 Å². The molecule has 0 aliphatic rings. The molecule has 15 heavy (non-hydrogen) atoms. The minimum absolute atomic E-state index is 0.0571. The molecule has 1 heterocycles. The van der Waals surface area contributed by atoms with Crippen LogP contribution >= 0.6 is 0 Å². The number of aliphatic hydroxyl groups excluding tert-OH is 1. The Balaban J connectivity index is 2.51. The van der Waals surface area contributed by atoms with E-state index in [2.05, 4.69) is 10.3 Å². The third-order valence-electron chi connectivity index (χ3n) is 1.57. The zero-order valence-electron chi connectivity index (χ0n) is 7.42. The van der Waals surface area contributed by atoms with Crippen LogP contribution in [0.25, 0.3) is 0 Å². The van der Waals surface area contributed by atoms with Gasteiger partial charge in [0.05, 0.1) is 6.54 Å². The van der Waals surface area contributed by atoms with Crippen molar-refractivity contribution in [3.63, 3.8) is 0 Å². The third-order valence-corrected chi connectivity index (χ3v) is 1.57. The Morgan fingerprint density at radius 1 is 1.40 bits per heavy atom. The van der Waals surface area contributed by atoms with Crippen molar-refractivity contribution in [1.82, 2.24) is 4.98 Å². The number of aliphatic hydroxyl groups is 1. The minimum atomic E-state index is -4.69. The van der Waals surface area contributed by atoms with Crippen LogP contribution in [0.1, 0.15) is 0 Å². The van der Waals surface area contributed by atoms with Gasteiger partial charge in [0, 0.05) is 0 Å². The van der Waals surface area contributed by atoms with Gasteiger partial charge in [-0.25, -0.2) is 4.98 Å². The van der Waals surface area contributed by atoms with Gasteiger partial charge >= 0.3 is 6.18 Å². The second kappa shape index (κ2) is 4.43. The molecule has 0 fully saturated rings. The van der Waals surface area contributed by atoms with Gasteiger partial charge in [-0.05, 0) is 12.1 Å². The van der Waals surface area contributed by atoms with Gasteiger partial charge in [0.2, 0.25) is 5.95 Å². The Morgan fingerprint density at radius 3 is 2.60 bits per heavy atom. The van der Waals surface area contributed by atoms with E-state index in [1.54, 1.807) is 0 Å². The number of nitrogens with zero attached hydrogens (tertiary/aromatic N) is 1. The van der Waals surface area contributed by atoms with Gasteiger partial charge in [-0.15, -0.1) is 0 Å². The number of alkyl halides is 3. The van der Waals surface area contributed by atoms with Crippen molar-refractivity contribution in [2.75, 3.05) is 11.9 Å². The third kappa shape index (κ3) is 3.70. The van der Waals surface area contributed by atoms with Gasteiger partial charge < -0.3 is 10.4 Å². The molecule has 0 amide bonds. The molecule has 1 aromatic rings. The number of hydrogen-bond donors (Lipinski definition) is 2. The number of aromatic nitrogens is 1. The second-order valence-corrected chi connectivity index (χ2v) is 2.78. The van der Waals surface area contributed by atoms with Crippen LogP contribution in [0.3, 0.4) is 0 Å². The van der Waals surface area contributed by atoms with Crippen molar-refractivity contribution in [3.05, 3.63) is 24.1 Å². The van der Waals surface area contributed by atoms with Crippen LogP contribution in [0.2, 0.25) is 0 Å². The van der Waals surface area contributed by atoms with Crippen molar-refractivity contribution in [2.45, 2.75) is 12.3 Å². The maximum Gasteiger partial charge on any atom is 0.416 e. The summed E-state index contributed by atoms with van der Waals surface area (Å²) in [6, 6.07) is 3.65. The first kappa shape index (κ1) is 11.7. The monoisotopic (exact) mass is 224 g/mol. The number of rotatable bonds is 3. The highest BCUT2D eigenvalue weighted by Crippen LogP contribution is 2.20. The first-order valence-corrected chi connectivity index (χ1v) is 4.01. The molecule has 1 unspecified atom stereocenters. The first-order valence-electron chi connectivity index (χ1n) is 4.01. The molecule has 0 aliphatic heterocycles. The fourth-order valence-corrected chi connectivity index (χ4v) is 0.824. The average Bonchev–Trinajstić information content (AvgIpc) is 2.12. The van der Waals surface area contributed by atoms with Crippen LogP contribution < -0.4 is 5.32 Å². The smallest absolute Gasteiger partial charge is 0.382 e. The van der Waals surface area contributed by atoms with Crippen LogP contribution in [0.15, 0.2) is 18.2 Å². The summed E-state index contributed by atoms with van der Waals surface area (Å²) in [7, 11) is 0. The zero-order valence-corrected chi connectivity index (χ0v) is 7.42. The zero-order chi connectivity index (χ0) is 11.5. The van der Waals surface area contributed by atoms with Gasteiger partial charge in [-0.3, -0.25) is 0 Å². The van der Waals surface area contributed by atoms with Crippen molar-refractivity contribution in [2.24, 2.45) is 0 Å². The molecule has 84 valence electrons. The number of nitrogens with one attached hydrogen (secondary N) is 1. The van der Waals surface area contributed by atoms with Gasteiger partial charge in [0.1, 0.15) is 5.82 Å². The molecular weight excluding hydrogens is 216 g/mol. The molecule has 0 aliphatic carbocycles. The average molecular weight is 224 g/mol. The summed E-state index contributed by atoms with van der Waals surface area (Å²) in [5.41, 5.74) is 0. The van der Waals surface area contributed by atoms with Gasteiger partial charge in [0.15, 0.2) is 6.10 Å². The highest BCUT2D eigenvalue weighted by Gasteiger charge is 2.37. The van der Waals surface area contributed by atoms with Gasteiger partial charge in [0.25, 0.3) is 0 Å². The summed E-state index contributed by atoms with van der Waals surface area (Å²) < 4.78 is 48.0. The second-order valence-electron chi connectivity index (χ2n) is 2.78. The number of anilines is 1. The molecule has 0 saturated carbocycles. The Morgan fingerprint density at radius 2 is 2.07 bits per heavy atom. The largest absolute Gasteiger partial charge is 0.416 e. The van der Waals surface area contributed by atoms with Crippen LogP contribution in [0.5, 0.6) is 0 Å². The van der Waals surface area contributed by atoms with E-state index < -0.39 is 24.8 Å². The molecule has 1 aromatic heterocycles. The summed E-state index contributed by atoms with van der Waals surface area (Å²) in [6.07, 6.45) is -7.19. The SMILES string of the molecule is OC(CNc1cccc(F)n1)C(F)(F)F. The van der Waals surface area contributed by atoms with Crippen molar-refractivity contribution in [3.8, 4) is 0 Å². The summed E-state index contributed by atoms with van der Waals surface area (Å²) in [4.78, 5) is 3.27. The number of halogens is 4. The Kier molecular flexibility index (Phi) is 3.46. The standard InChI is InChI=1S/C8H8F4N2O/c9-6-2-1-3-7(14-6)13-4-5(15)8(10,11)12/h1-3,5,15H,4H2,(H,13,14). The quantitative estimate of drug-likeness (QED) is 0.605. The van der Waals surface area contributed by atoms with E-state index in [1.807, 2.05) is 0 Å².